The summed E-state index contributed by atoms with van der Waals surface area (Å²) >= 11 is 0. The molecule has 0 spiro atoms. The van der Waals surface area contributed by atoms with Gasteiger partial charge in [-0.1, -0.05) is 18.2 Å². The molecule has 0 aliphatic carbocycles. The molecule has 2 aromatic carbocycles. The first-order chi connectivity index (χ1) is 13.9. The third kappa shape index (κ3) is 3.16. The van der Waals surface area contributed by atoms with Gasteiger partial charge < -0.3 is 19.4 Å². The molecular formula is C22H18N2O5. The highest BCUT2D eigenvalue weighted by Gasteiger charge is 2.22. The van der Waals surface area contributed by atoms with Crippen LogP contribution in [0.1, 0.15) is 17.3 Å². The van der Waals surface area contributed by atoms with Crippen molar-refractivity contribution in [1.82, 2.24) is 9.88 Å². The number of furan rings is 1. The maximum absolute atomic E-state index is 12.6. The van der Waals surface area contributed by atoms with E-state index in [0.717, 1.165) is 11.0 Å². The molecule has 0 radical (unpaired) electrons. The molecular weight excluding hydrogens is 372 g/mol. The van der Waals surface area contributed by atoms with Crippen LogP contribution < -0.4 is 10.9 Å². The number of hydrogen-bond acceptors (Lipinski definition) is 5. The van der Waals surface area contributed by atoms with Crippen LogP contribution >= 0.6 is 0 Å². The number of nitrogens with one attached hydrogen (secondary N) is 1. The van der Waals surface area contributed by atoms with E-state index in [0.29, 0.717) is 22.2 Å². The minimum Gasteiger partial charge on any atom is -0.506 e. The van der Waals surface area contributed by atoms with E-state index >= 15 is 0 Å². The smallest absolute Gasteiger partial charge is 0.267 e. The van der Waals surface area contributed by atoms with Gasteiger partial charge in [-0.25, -0.2) is 0 Å². The average molecular weight is 390 g/mol. The summed E-state index contributed by atoms with van der Waals surface area (Å²) in [5, 5.41) is 14.3. The highest BCUT2D eigenvalue weighted by atomic mass is 16.3. The number of nitrogens with zero attached hydrogens (tertiary/aromatic N) is 1. The number of carbonyl (C=O) groups excluding carboxylic acids is 2. The third-order valence-electron chi connectivity index (χ3n) is 4.80. The van der Waals surface area contributed by atoms with Crippen molar-refractivity contribution < 1.29 is 19.1 Å². The van der Waals surface area contributed by atoms with Gasteiger partial charge in [0.2, 0.25) is 0 Å². The van der Waals surface area contributed by atoms with Crippen LogP contribution in [0.4, 0.5) is 0 Å². The number of fused-ring (bicyclic) bond motifs is 2. The molecule has 1 amide bonds. The predicted molar refractivity (Wildman–Crippen MR) is 109 cm³/mol. The summed E-state index contributed by atoms with van der Waals surface area (Å²) in [6.45, 7) is 1.09. The number of aromatic hydroxyl groups is 1. The molecule has 0 fully saturated rings. The Kier molecular flexibility index (Phi) is 4.43. The topological polar surface area (TPSA) is 102 Å². The van der Waals surface area contributed by atoms with E-state index in [4.69, 9.17) is 4.42 Å². The number of ketones is 1. The van der Waals surface area contributed by atoms with E-state index in [1.54, 1.807) is 18.2 Å². The Morgan fingerprint density at radius 2 is 1.90 bits per heavy atom. The summed E-state index contributed by atoms with van der Waals surface area (Å²) in [5.74, 6) is -0.886. The van der Waals surface area contributed by atoms with Crippen molar-refractivity contribution in [3.63, 3.8) is 0 Å². The van der Waals surface area contributed by atoms with Crippen molar-refractivity contribution in [3.05, 3.63) is 64.4 Å². The number of rotatable bonds is 4. The Labute approximate surface area is 165 Å². The van der Waals surface area contributed by atoms with Crippen molar-refractivity contribution in [1.29, 1.82) is 0 Å². The Morgan fingerprint density at radius 3 is 2.62 bits per heavy atom. The lowest BCUT2D eigenvalue weighted by molar-refractivity contribution is -0.116. The summed E-state index contributed by atoms with van der Waals surface area (Å²) in [7, 11) is 1.52. The largest absolute Gasteiger partial charge is 0.506 e. The van der Waals surface area contributed by atoms with Gasteiger partial charge in [-0.3, -0.25) is 14.4 Å². The summed E-state index contributed by atoms with van der Waals surface area (Å²) < 4.78 is 7.16. The van der Waals surface area contributed by atoms with E-state index < -0.39 is 22.8 Å². The van der Waals surface area contributed by atoms with Crippen LogP contribution in [0.15, 0.2) is 57.7 Å². The fourth-order valence-electron chi connectivity index (χ4n) is 3.31. The summed E-state index contributed by atoms with van der Waals surface area (Å²) in [4.78, 5) is 36.1. The zero-order chi connectivity index (χ0) is 20.7. The summed E-state index contributed by atoms with van der Waals surface area (Å²) in [6.07, 6.45) is 0. The first-order valence-corrected chi connectivity index (χ1v) is 8.99. The number of Topliss-reactive ketones (excluding diaryl/α,β-unsaturated/α-hetero) is 1. The van der Waals surface area contributed by atoms with Gasteiger partial charge in [0.25, 0.3) is 11.5 Å². The SMILES string of the molecule is CC(=O)CNC(=O)c1c(O)c2cc(-c3cc4ccccc4o3)ccc2n(C)c1=O. The minimum absolute atomic E-state index is 0.224. The molecule has 4 rings (SSSR count). The lowest BCUT2D eigenvalue weighted by Crippen LogP contribution is -2.34. The Balaban J connectivity index is 1.88. The van der Waals surface area contributed by atoms with E-state index in [2.05, 4.69) is 5.32 Å². The van der Waals surface area contributed by atoms with E-state index in [9.17, 15) is 19.5 Å². The maximum Gasteiger partial charge on any atom is 0.267 e. The van der Waals surface area contributed by atoms with Gasteiger partial charge in [0, 0.05) is 23.4 Å². The molecule has 0 atom stereocenters. The van der Waals surface area contributed by atoms with E-state index in [1.807, 2.05) is 30.3 Å². The number of pyridine rings is 1. The molecule has 2 heterocycles. The van der Waals surface area contributed by atoms with Crippen molar-refractivity contribution in [3.8, 4) is 17.1 Å². The van der Waals surface area contributed by atoms with Gasteiger partial charge in [0.15, 0.2) is 0 Å². The second-order valence-electron chi connectivity index (χ2n) is 6.85. The molecule has 4 aromatic rings. The highest BCUT2D eigenvalue weighted by Crippen LogP contribution is 2.33. The Hall–Kier alpha value is -3.87. The van der Waals surface area contributed by atoms with Crippen LogP contribution in [0.2, 0.25) is 0 Å². The van der Waals surface area contributed by atoms with Crippen molar-refractivity contribution in [2.24, 2.45) is 7.05 Å². The zero-order valence-corrected chi connectivity index (χ0v) is 15.9. The first-order valence-electron chi connectivity index (χ1n) is 8.99. The van der Waals surface area contributed by atoms with Gasteiger partial charge in [-0.15, -0.1) is 0 Å². The molecule has 0 aliphatic heterocycles. The number of aryl methyl sites for hydroxylation is 1. The maximum atomic E-state index is 12.6. The lowest BCUT2D eigenvalue weighted by Gasteiger charge is -2.12. The quantitative estimate of drug-likeness (QED) is 0.558. The predicted octanol–water partition coefficient (Wildman–Crippen LogP) is 2.98. The Bertz CT molecular complexity index is 1310. The van der Waals surface area contributed by atoms with E-state index in [1.165, 1.54) is 18.5 Å². The van der Waals surface area contributed by atoms with Crippen LogP contribution in [-0.2, 0) is 11.8 Å². The van der Waals surface area contributed by atoms with Crippen LogP contribution in [-0.4, -0.2) is 27.9 Å². The summed E-state index contributed by atoms with van der Waals surface area (Å²) in [6, 6.07) is 14.6. The van der Waals surface area contributed by atoms with Crippen molar-refractivity contribution in [2.75, 3.05) is 6.54 Å². The van der Waals surface area contributed by atoms with Gasteiger partial charge in [0.1, 0.15) is 28.4 Å². The molecule has 0 unspecified atom stereocenters. The molecule has 2 N–H and O–H groups in total. The fraction of sp³-hybridized carbons (Fsp3) is 0.136. The molecule has 0 bridgehead atoms. The third-order valence-corrected chi connectivity index (χ3v) is 4.80. The zero-order valence-electron chi connectivity index (χ0n) is 15.9. The number of hydrogen-bond donors (Lipinski definition) is 2. The normalized spacial score (nSPS) is 11.1. The van der Waals surface area contributed by atoms with Gasteiger partial charge >= 0.3 is 0 Å². The molecule has 29 heavy (non-hydrogen) atoms. The minimum atomic E-state index is -0.797. The molecule has 7 heteroatoms. The average Bonchev–Trinajstić information content (AvgIpc) is 3.14. The highest BCUT2D eigenvalue weighted by molar-refractivity contribution is 6.04. The van der Waals surface area contributed by atoms with Crippen molar-refractivity contribution >= 4 is 33.6 Å². The van der Waals surface area contributed by atoms with Crippen LogP contribution in [0.3, 0.4) is 0 Å². The van der Waals surface area contributed by atoms with Crippen LogP contribution in [0, 0.1) is 0 Å². The summed E-state index contributed by atoms with van der Waals surface area (Å²) in [5.41, 5.74) is 0.848. The second kappa shape index (κ2) is 6.94. The Morgan fingerprint density at radius 1 is 1.14 bits per heavy atom. The molecule has 0 saturated carbocycles. The second-order valence-corrected chi connectivity index (χ2v) is 6.85. The van der Waals surface area contributed by atoms with E-state index in [-0.39, 0.29) is 12.3 Å². The number of carbonyl (C=O) groups is 2. The molecule has 7 nitrogen and oxygen atoms in total. The van der Waals surface area contributed by atoms with Gasteiger partial charge in [-0.05, 0) is 37.3 Å². The van der Waals surface area contributed by atoms with Gasteiger partial charge in [0.05, 0.1) is 12.1 Å². The number of amides is 1. The number of para-hydroxylation sites is 1. The van der Waals surface area contributed by atoms with Gasteiger partial charge in [-0.2, -0.15) is 0 Å². The van der Waals surface area contributed by atoms with Crippen LogP contribution in [0.25, 0.3) is 33.2 Å². The molecule has 2 aromatic heterocycles. The van der Waals surface area contributed by atoms with Crippen molar-refractivity contribution in [2.45, 2.75) is 6.92 Å². The van der Waals surface area contributed by atoms with Crippen LogP contribution in [0.5, 0.6) is 5.75 Å². The molecule has 0 saturated heterocycles. The number of aromatic nitrogens is 1. The lowest BCUT2D eigenvalue weighted by atomic mass is 10.0. The first kappa shape index (κ1) is 18.5. The molecule has 0 aliphatic rings. The standard InChI is InChI=1S/C22H18N2O5/c1-12(25)11-23-21(27)19-20(26)15-9-14(7-8-16(15)24(2)22(19)28)18-10-13-5-3-4-6-17(13)29-18/h3-10,26H,11H2,1-2H3,(H,23,27). The monoisotopic (exact) mass is 390 g/mol. The molecule has 146 valence electrons. The number of benzene rings is 2. The fourth-order valence-corrected chi connectivity index (χ4v) is 3.31.